The molecule has 2 nitrogen and oxygen atoms in total. The van der Waals surface area contributed by atoms with Gasteiger partial charge in [0, 0.05) is 15.6 Å². The minimum Gasteiger partial charge on any atom is -0.206 e. The molecule has 0 aliphatic rings. The third kappa shape index (κ3) is 2.00. The van der Waals surface area contributed by atoms with Gasteiger partial charge in [-0.15, -0.1) is 11.3 Å². The van der Waals surface area contributed by atoms with Crippen LogP contribution < -0.4 is 0 Å². The Balaban J connectivity index is 3.33. The smallest absolute Gasteiger partial charge is 0.206 e. The molecule has 0 aliphatic heterocycles. The summed E-state index contributed by atoms with van der Waals surface area (Å²) in [6, 6.07) is 1.86. The summed E-state index contributed by atoms with van der Waals surface area (Å²) in [6.07, 6.45) is 0.700. The van der Waals surface area contributed by atoms with Crippen LogP contribution in [-0.4, -0.2) is 8.42 Å². The Kier molecular flexibility index (Phi) is 2.81. The van der Waals surface area contributed by atoms with E-state index in [1.54, 1.807) is 0 Å². The highest BCUT2D eigenvalue weighted by atomic mass is 35.7. The molecule has 12 heavy (non-hydrogen) atoms. The number of aryl methyl sites for hydroxylation is 2. The predicted molar refractivity (Wildman–Crippen MR) is 51.5 cm³/mol. The Morgan fingerprint density at radius 1 is 1.58 bits per heavy atom. The lowest BCUT2D eigenvalue weighted by Gasteiger charge is -1.93. The van der Waals surface area contributed by atoms with Gasteiger partial charge < -0.3 is 0 Å². The lowest BCUT2D eigenvalue weighted by molar-refractivity contribution is 0.610. The molecule has 0 unspecified atom stereocenters. The molecule has 1 rings (SSSR count). The van der Waals surface area contributed by atoms with Crippen LogP contribution in [0.2, 0.25) is 0 Å². The molecule has 5 heteroatoms. The molecule has 0 fully saturated rings. The molecule has 0 spiro atoms. The minimum absolute atomic E-state index is 0.296. The summed E-state index contributed by atoms with van der Waals surface area (Å²) in [5, 5.41) is 0. The van der Waals surface area contributed by atoms with Crippen LogP contribution in [0.5, 0.6) is 0 Å². The first-order valence-corrected chi connectivity index (χ1v) is 6.61. The second-order valence-corrected chi connectivity index (χ2v) is 6.48. The standard InChI is InChI=1S/C7H9ClO2S2/c1-3-6-4-5(2)11-7(6)12(8,9)10/h4H,3H2,1-2H3. The van der Waals surface area contributed by atoms with Crippen molar-refractivity contribution in [3.8, 4) is 0 Å². The van der Waals surface area contributed by atoms with E-state index in [0.717, 1.165) is 10.4 Å². The van der Waals surface area contributed by atoms with E-state index in [0.29, 0.717) is 10.6 Å². The zero-order valence-corrected chi connectivity index (χ0v) is 9.18. The molecule has 0 atom stereocenters. The summed E-state index contributed by atoms with van der Waals surface area (Å²) in [4.78, 5) is 0.978. The zero-order chi connectivity index (χ0) is 9.35. The van der Waals surface area contributed by atoms with Gasteiger partial charge in [0.25, 0.3) is 9.05 Å². The second kappa shape index (κ2) is 3.36. The Morgan fingerprint density at radius 2 is 2.17 bits per heavy atom. The van der Waals surface area contributed by atoms with Crippen LogP contribution in [0.3, 0.4) is 0 Å². The molecule has 1 aromatic heterocycles. The summed E-state index contributed by atoms with van der Waals surface area (Å²) >= 11 is 1.23. The van der Waals surface area contributed by atoms with Crippen LogP contribution in [0, 0.1) is 6.92 Å². The fraction of sp³-hybridized carbons (Fsp3) is 0.429. The van der Waals surface area contributed by atoms with Gasteiger partial charge in [-0.2, -0.15) is 0 Å². The van der Waals surface area contributed by atoms with Crippen LogP contribution in [0.15, 0.2) is 10.3 Å². The monoisotopic (exact) mass is 224 g/mol. The minimum atomic E-state index is -3.53. The maximum Gasteiger partial charge on any atom is 0.271 e. The Morgan fingerprint density at radius 3 is 2.50 bits per heavy atom. The fourth-order valence-corrected chi connectivity index (χ4v) is 3.72. The van der Waals surface area contributed by atoms with Crippen molar-refractivity contribution >= 4 is 31.1 Å². The summed E-state index contributed by atoms with van der Waals surface area (Å²) in [5.74, 6) is 0. The van der Waals surface area contributed by atoms with Crippen molar-refractivity contribution in [3.05, 3.63) is 16.5 Å². The SMILES string of the molecule is CCc1cc(C)sc1S(=O)(=O)Cl. The number of thiophene rings is 1. The molecule has 0 bridgehead atoms. The van der Waals surface area contributed by atoms with Crippen LogP contribution in [0.4, 0.5) is 0 Å². The van der Waals surface area contributed by atoms with Gasteiger partial charge in [-0.3, -0.25) is 0 Å². The normalized spacial score (nSPS) is 11.9. The lowest BCUT2D eigenvalue weighted by atomic mass is 10.2. The van der Waals surface area contributed by atoms with Gasteiger partial charge in [-0.25, -0.2) is 8.42 Å². The van der Waals surface area contributed by atoms with Gasteiger partial charge in [0.1, 0.15) is 4.21 Å². The molecular weight excluding hydrogens is 216 g/mol. The number of hydrogen-bond acceptors (Lipinski definition) is 3. The summed E-state index contributed by atoms with van der Waals surface area (Å²) in [6.45, 7) is 3.78. The second-order valence-electron chi connectivity index (χ2n) is 2.46. The zero-order valence-electron chi connectivity index (χ0n) is 6.80. The molecule has 0 aromatic carbocycles. The molecule has 68 valence electrons. The third-order valence-corrected chi connectivity index (χ3v) is 4.73. The fourth-order valence-electron chi connectivity index (χ4n) is 0.998. The number of hydrogen-bond donors (Lipinski definition) is 0. The van der Waals surface area contributed by atoms with E-state index in [-0.39, 0.29) is 0 Å². The van der Waals surface area contributed by atoms with E-state index in [2.05, 4.69) is 0 Å². The van der Waals surface area contributed by atoms with Crippen molar-refractivity contribution in [1.29, 1.82) is 0 Å². The average Bonchev–Trinajstić information content (AvgIpc) is 2.29. The van der Waals surface area contributed by atoms with Crippen molar-refractivity contribution in [1.82, 2.24) is 0 Å². The van der Waals surface area contributed by atoms with E-state index in [1.807, 2.05) is 19.9 Å². The largest absolute Gasteiger partial charge is 0.271 e. The van der Waals surface area contributed by atoms with E-state index in [4.69, 9.17) is 10.7 Å². The first kappa shape index (κ1) is 10.0. The van der Waals surface area contributed by atoms with E-state index in [1.165, 1.54) is 11.3 Å². The third-order valence-electron chi connectivity index (χ3n) is 1.50. The van der Waals surface area contributed by atoms with Gasteiger partial charge in [-0.1, -0.05) is 6.92 Å². The summed E-state index contributed by atoms with van der Waals surface area (Å²) in [5.41, 5.74) is 0.813. The van der Waals surface area contributed by atoms with Crippen LogP contribution in [0.1, 0.15) is 17.4 Å². The molecular formula is C7H9ClO2S2. The molecule has 0 N–H and O–H groups in total. The van der Waals surface area contributed by atoms with Gasteiger partial charge in [0.2, 0.25) is 0 Å². The van der Waals surface area contributed by atoms with E-state index in [9.17, 15) is 8.42 Å². The number of rotatable bonds is 2. The van der Waals surface area contributed by atoms with E-state index >= 15 is 0 Å². The van der Waals surface area contributed by atoms with Crippen molar-refractivity contribution in [2.45, 2.75) is 24.5 Å². The highest BCUT2D eigenvalue weighted by Crippen LogP contribution is 2.29. The maximum atomic E-state index is 11.0. The maximum absolute atomic E-state index is 11.0. The summed E-state index contributed by atoms with van der Waals surface area (Å²) < 4.78 is 22.3. The van der Waals surface area contributed by atoms with Gasteiger partial charge >= 0.3 is 0 Å². The van der Waals surface area contributed by atoms with Crippen molar-refractivity contribution in [2.24, 2.45) is 0 Å². The topological polar surface area (TPSA) is 34.1 Å². The quantitative estimate of drug-likeness (QED) is 0.724. The Bertz CT molecular complexity index is 378. The van der Waals surface area contributed by atoms with Crippen molar-refractivity contribution in [2.75, 3.05) is 0 Å². The van der Waals surface area contributed by atoms with Crippen LogP contribution in [-0.2, 0) is 15.5 Å². The average molecular weight is 225 g/mol. The van der Waals surface area contributed by atoms with Crippen molar-refractivity contribution < 1.29 is 8.42 Å². The van der Waals surface area contributed by atoms with Gasteiger partial charge in [0.15, 0.2) is 0 Å². The van der Waals surface area contributed by atoms with Crippen LogP contribution in [0.25, 0.3) is 0 Å². The lowest BCUT2D eigenvalue weighted by Crippen LogP contribution is -1.90. The molecule has 0 aliphatic carbocycles. The predicted octanol–water partition coefficient (Wildman–Crippen LogP) is 2.55. The first-order valence-electron chi connectivity index (χ1n) is 3.49. The molecule has 0 saturated heterocycles. The Labute approximate surface area is 80.6 Å². The molecule has 0 saturated carbocycles. The molecule has 0 amide bonds. The molecule has 1 heterocycles. The van der Waals surface area contributed by atoms with Gasteiger partial charge in [-0.05, 0) is 25.0 Å². The molecule has 1 aromatic rings. The van der Waals surface area contributed by atoms with E-state index < -0.39 is 9.05 Å². The highest BCUT2D eigenvalue weighted by Gasteiger charge is 2.17. The van der Waals surface area contributed by atoms with Gasteiger partial charge in [0.05, 0.1) is 0 Å². The van der Waals surface area contributed by atoms with Crippen molar-refractivity contribution in [3.63, 3.8) is 0 Å². The Hall–Kier alpha value is -0.0600. The summed E-state index contributed by atoms with van der Waals surface area (Å²) in [7, 11) is 1.70. The van der Waals surface area contributed by atoms with Crippen LogP contribution >= 0.6 is 22.0 Å². The number of halogens is 1. The highest BCUT2D eigenvalue weighted by molar-refractivity contribution is 8.15. The molecule has 0 radical (unpaired) electrons. The first-order chi connectivity index (χ1) is 5.45.